The van der Waals surface area contributed by atoms with Crippen LogP contribution in [0.4, 0.5) is 5.82 Å². The number of nitrogens with zero attached hydrogens (tertiary/aromatic N) is 3. The van der Waals surface area contributed by atoms with Gasteiger partial charge in [-0.1, -0.05) is 13.0 Å². The summed E-state index contributed by atoms with van der Waals surface area (Å²) in [5.74, 6) is 2.30. The van der Waals surface area contributed by atoms with E-state index in [1.54, 1.807) is 0 Å². The highest BCUT2D eigenvalue weighted by molar-refractivity contribution is 5.81. The number of aromatic nitrogens is 1. The molecular formula is C14H19N3O. The van der Waals surface area contributed by atoms with Crippen molar-refractivity contribution in [3.05, 3.63) is 24.4 Å². The first kappa shape index (κ1) is 11.5. The van der Waals surface area contributed by atoms with Crippen molar-refractivity contribution in [3.8, 4) is 0 Å². The molecule has 0 aromatic carbocycles. The second kappa shape index (κ2) is 4.59. The molecule has 1 aliphatic heterocycles. The molecule has 0 spiro atoms. The average molecular weight is 245 g/mol. The van der Waals surface area contributed by atoms with Crippen LogP contribution in [0.15, 0.2) is 24.4 Å². The molecule has 96 valence electrons. The fourth-order valence-corrected chi connectivity index (χ4v) is 2.60. The van der Waals surface area contributed by atoms with Crippen LogP contribution in [0.5, 0.6) is 0 Å². The van der Waals surface area contributed by atoms with Gasteiger partial charge in [-0.3, -0.25) is 4.79 Å². The lowest BCUT2D eigenvalue weighted by Gasteiger charge is -2.35. The molecule has 4 nitrogen and oxygen atoms in total. The Labute approximate surface area is 108 Å². The predicted molar refractivity (Wildman–Crippen MR) is 70.3 cm³/mol. The zero-order valence-corrected chi connectivity index (χ0v) is 10.7. The quantitative estimate of drug-likeness (QED) is 0.790. The van der Waals surface area contributed by atoms with E-state index in [4.69, 9.17) is 0 Å². The maximum Gasteiger partial charge on any atom is 0.226 e. The zero-order valence-electron chi connectivity index (χ0n) is 10.7. The van der Waals surface area contributed by atoms with Gasteiger partial charge in [-0.15, -0.1) is 0 Å². The van der Waals surface area contributed by atoms with Gasteiger partial charge in [0, 0.05) is 38.3 Å². The monoisotopic (exact) mass is 245 g/mol. The van der Waals surface area contributed by atoms with Crippen LogP contribution in [0.2, 0.25) is 0 Å². The molecule has 1 amide bonds. The lowest BCUT2D eigenvalue weighted by Crippen LogP contribution is -2.49. The lowest BCUT2D eigenvalue weighted by atomic mass is 10.2. The molecule has 4 heteroatoms. The molecule has 1 aromatic heterocycles. The number of hydrogen-bond acceptors (Lipinski definition) is 3. The summed E-state index contributed by atoms with van der Waals surface area (Å²) < 4.78 is 0. The third kappa shape index (κ3) is 2.19. The largest absolute Gasteiger partial charge is 0.353 e. The van der Waals surface area contributed by atoms with E-state index in [2.05, 4.69) is 16.8 Å². The molecule has 0 radical (unpaired) electrons. The number of pyridine rings is 1. The van der Waals surface area contributed by atoms with Crippen molar-refractivity contribution in [1.29, 1.82) is 0 Å². The Balaban J connectivity index is 1.57. The maximum absolute atomic E-state index is 12.1. The van der Waals surface area contributed by atoms with E-state index in [1.165, 1.54) is 0 Å². The van der Waals surface area contributed by atoms with Crippen molar-refractivity contribution in [2.75, 3.05) is 31.1 Å². The van der Waals surface area contributed by atoms with Gasteiger partial charge in [-0.05, 0) is 24.5 Å². The van der Waals surface area contributed by atoms with Crippen molar-refractivity contribution in [3.63, 3.8) is 0 Å². The molecule has 1 saturated carbocycles. The van der Waals surface area contributed by atoms with Crippen LogP contribution in [0.25, 0.3) is 0 Å². The Kier molecular flexibility index (Phi) is 2.94. The Bertz CT molecular complexity index is 426. The van der Waals surface area contributed by atoms with E-state index in [9.17, 15) is 4.79 Å². The highest BCUT2D eigenvalue weighted by atomic mass is 16.2. The summed E-state index contributed by atoms with van der Waals surface area (Å²) >= 11 is 0. The fraction of sp³-hybridized carbons (Fsp3) is 0.571. The van der Waals surface area contributed by atoms with Crippen LogP contribution in [0.3, 0.4) is 0 Å². The van der Waals surface area contributed by atoms with Gasteiger partial charge < -0.3 is 9.80 Å². The van der Waals surface area contributed by atoms with Crippen molar-refractivity contribution < 1.29 is 4.79 Å². The maximum atomic E-state index is 12.1. The van der Waals surface area contributed by atoms with Crippen LogP contribution in [0.1, 0.15) is 13.3 Å². The average Bonchev–Trinajstić information content (AvgIpc) is 3.16. The van der Waals surface area contributed by atoms with E-state index in [0.29, 0.717) is 17.7 Å². The van der Waals surface area contributed by atoms with Crippen LogP contribution in [-0.2, 0) is 4.79 Å². The van der Waals surface area contributed by atoms with Crippen molar-refractivity contribution >= 4 is 11.7 Å². The van der Waals surface area contributed by atoms with Crippen molar-refractivity contribution in [1.82, 2.24) is 9.88 Å². The van der Waals surface area contributed by atoms with E-state index in [0.717, 1.165) is 38.4 Å². The van der Waals surface area contributed by atoms with Gasteiger partial charge in [-0.2, -0.15) is 0 Å². The molecule has 3 rings (SSSR count). The minimum absolute atomic E-state index is 0.311. The van der Waals surface area contributed by atoms with Gasteiger partial charge in [0.25, 0.3) is 0 Å². The number of piperazine rings is 1. The van der Waals surface area contributed by atoms with E-state index < -0.39 is 0 Å². The van der Waals surface area contributed by atoms with E-state index >= 15 is 0 Å². The van der Waals surface area contributed by atoms with Crippen molar-refractivity contribution in [2.45, 2.75) is 13.3 Å². The van der Waals surface area contributed by atoms with Gasteiger partial charge >= 0.3 is 0 Å². The number of anilines is 1. The summed E-state index contributed by atoms with van der Waals surface area (Å²) in [6, 6.07) is 5.96. The Morgan fingerprint density at radius 3 is 2.56 bits per heavy atom. The second-order valence-electron chi connectivity index (χ2n) is 5.32. The summed E-state index contributed by atoms with van der Waals surface area (Å²) in [4.78, 5) is 20.7. The second-order valence-corrected chi connectivity index (χ2v) is 5.32. The molecule has 18 heavy (non-hydrogen) atoms. The van der Waals surface area contributed by atoms with E-state index in [-0.39, 0.29) is 0 Å². The summed E-state index contributed by atoms with van der Waals surface area (Å²) in [7, 11) is 0. The molecule has 2 atom stereocenters. The lowest BCUT2D eigenvalue weighted by molar-refractivity contribution is -0.133. The molecular weight excluding hydrogens is 226 g/mol. The Morgan fingerprint density at radius 2 is 2.00 bits per heavy atom. The summed E-state index contributed by atoms with van der Waals surface area (Å²) in [6.45, 7) is 5.61. The van der Waals surface area contributed by atoms with Crippen molar-refractivity contribution in [2.24, 2.45) is 11.8 Å². The van der Waals surface area contributed by atoms with Gasteiger partial charge in [-0.25, -0.2) is 4.98 Å². The first-order valence-corrected chi connectivity index (χ1v) is 6.70. The highest BCUT2D eigenvalue weighted by Gasteiger charge is 2.41. The predicted octanol–water partition coefficient (Wildman–Crippen LogP) is 1.39. The highest BCUT2D eigenvalue weighted by Crippen LogP contribution is 2.39. The molecule has 2 fully saturated rings. The van der Waals surface area contributed by atoms with Crippen LogP contribution < -0.4 is 4.90 Å². The van der Waals surface area contributed by atoms with Gasteiger partial charge in [0.1, 0.15) is 5.82 Å². The Morgan fingerprint density at radius 1 is 1.28 bits per heavy atom. The molecule has 1 aromatic rings. The Hall–Kier alpha value is -1.58. The third-order valence-electron chi connectivity index (χ3n) is 3.99. The van der Waals surface area contributed by atoms with Gasteiger partial charge in [0.15, 0.2) is 0 Å². The fourth-order valence-electron chi connectivity index (χ4n) is 2.60. The standard InChI is InChI=1S/C14H19N3O/c1-11-10-12(11)14(18)17-8-6-16(7-9-17)13-4-2-3-5-15-13/h2-5,11-12H,6-10H2,1H3. The molecule has 2 aliphatic rings. The van der Waals surface area contributed by atoms with E-state index in [1.807, 2.05) is 29.3 Å². The molecule has 1 saturated heterocycles. The summed E-state index contributed by atoms with van der Waals surface area (Å²) in [6.07, 6.45) is 2.90. The number of amides is 1. The smallest absolute Gasteiger partial charge is 0.226 e. The number of rotatable bonds is 2. The summed E-state index contributed by atoms with van der Waals surface area (Å²) in [5.41, 5.74) is 0. The van der Waals surface area contributed by atoms with Gasteiger partial charge in [0.2, 0.25) is 5.91 Å². The topological polar surface area (TPSA) is 36.4 Å². The zero-order chi connectivity index (χ0) is 12.5. The molecule has 2 heterocycles. The normalized spacial score (nSPS) is 27.2. The summed E-state index contributed by atoms with van der Waals surface area (Å²) in [5, 5.41) is 0. The first-order chi connectivity index (χ1) is 8.75. The van der Waals surface area contributed by atoms with Gasteiger partial charge in [0.05, 0.1) is 0 Å². The minimum Gasteiger partial charge on any atom is -0.353 e. The minimum atomic E-state index is 0.311. The number of carbonyl (C=O) groups is 1. The number of carbonyl (C=O) groups excluding carboxylic acids is 1. The van der Waals surface area contributed by atoms with Crippen LogP contribution in [-0.4, -0.2) is 42.0 Å². The number of hydrogen-bond donors (Lipinski definition) is 0. The molecule has 0 bridgehead atoms. The third-order valence-corrected chi connectivity index (χ3v) is 3.99. The first-order valence-electron chi connectivity index (χ1n) is 6.70. The molecule has 1 aliphatic carbocycles. The van der Waals surface area contributed by atoms with Crippen LogP contribution in [0, 0.1) is 11.8 Å². The molecule has 2 unspecified atom stereocenters. The molecule has 0 N–H and O–H groups in total. The SMILES string of the molecule is CC1CC1C(=O)N1CCN(c2ccccn2)CC1. The van der Waals surface area contributed by atoms with Crippen LogP contribution >= 0.6 is 0 Å².